The molecule has 2 fully saturated rings. The SMILES string of the molecule is Cc1cccc(NC(=O)N2CCN(C(=O)[C@@H]3CCCN3c3nc(N)n4nc(-c5ccco5)nc4n3)CC2)c1. The molecule has 2 aliphatic heterocycles. The lowest BCUT2D eigenvalue weighted by molar-refractivity contribution is -0.133. The molecule has 5 heterocycles. The third-order valence-corrected chi connectivity index (χ3v) is 6.91. The molecule has 0 spiro atoms. The van der Waals surface area contributed by atoms with E-state index in [9.17, 15) is 9.59 Å². The number of carbonyl (C=O) groups is 2. The van der Waals surface area contributed by atoms with Crippen LogP contribution >= 0.6 is 0 Å². The summed E-state index contributed by atoms with van der Waals surface area (Å²) in [6.07, 6.45) is 3.05. The molecule has 6 rings (SSSR count). The molecule has 1 atom stereocenters. The zero-order chi connectivity index (χ0) is 26.2. The van der Waals surface area contributed by atoms with Crippen LogP contribution in [0.3, 0.4) is 0 Å². The van der Waals surface area contributed by atoms with Gasteiger partial charge in [-0.15, -0.1) is 5.10 Å². The molecule has 196 valence electrons. The molecule has 1 aromatic carbocycles. The Labute approximate surface area is 218 Å². The largest absolute Gasteiger partial charge is 0.461 e. The number of aryl methyl sites for hydroxylation is 1. The Morgan fingerprint density at radius 1 is 1.03 bits per heavy atom. The Hall–Kier alpha value is -4.68. The second-order valence-electron chi connectivity index (χ2n) is 9.47. The second kappa shape index (κ2) is 9.65. The van der Waals surface area contributed by atoms with Crippen molar-refractivity contribution < 1.29 is 14.0 Å². The van der Waals surface area contributed by atoms with Gasteiger partial charge in [0.2, 0.25) is 23.6 Å². The number of benzene rings is 1. The van der Waals surface area contributed by atoms with E-state index in [0.717, 1.165) is 17.7 Å². The predicted molar refractivity (Wildman–Crippen MR) is 139 cm³/mol. The number of nitrogens with zero attached hydrogens (tertiary/aromatic N) is 8. The Balaban J connectivity index is 1.13. The van der Waals surface area contributed by atoms with Crippen LogP contribution in [-0.4, -0.2) is 85.1 Å². The summed E-state index contributed by atoms with van der Waals surface area (Å²) in [4.78, 5) is 45.1. The van der Waals surface area contributed by atoms with Gasteiger partial charge in [0.25, 0.3) is 5.78 Å². The molecule has 3 N–H and O–H groups in total. The van der Waals surface area contributed by atoms with Crippen LogP contribution in [0.5, 0.6) is 0 Å². The molecule has 2 saturated heterocycles. The monoisotopic (exact) mass is 516 g/mol. The van der Waals surface area contributed by atoms with Crippen molar-refractivity contribution in [1.29, 1.82) is 0 Å². The van der Waals surface area contributed by atoms with E-state index in [2.05, 4.69) is 25.4 Å². The fourth-order valence-corrected chi connectivity index (χ4v) is 4.96. The Morgan fingerprint density at radius 3 is 2.61 bits per heavy atom. The van der Waals surface area contributed by atoms with Crippen molar-refractivity contribution >= 4 is 35.3 Å². The number of furan rings is 1. The average Bonchev–Trinajstić information content (AvgIpc) is 3.69. The van der Waals surface area contributed by atoms with Crippen molar-refractivity contribution in [3.8, 4) is 11.6 Å². The minimum atomic E-state index is -0.406. The van der Waals surface area contributed by atoms with Crippen molar-refractivity contribution in [3.63, 3.8) is 0 Å². The first-order valence-corrected chi connectivity index (χ1v) is 12.6. The van der Waals surface area contributed by atoms with Crippen LogP contribution in [0.2, 0.25) is 0 Å². The number of nitrogens with one attached hydrogen (secondary N) is 1. The van der Waals surface area contributed by atoms with Gasteiger partial charge in [0.05, 0.1) is 6.26 Å². The topological polar surface area (TPSA) is 151 Å². The van der Waals surface area contributed by atoms with Crippen LogP contribution in [0.4, 0.5) is 22.4 Å². The first kappa shape index (κ1) is 23.7. The molecular formula is C25H28N10O3. The molecule has 4 aromatic rings. The highest BCUT2D eigenvalue weighted by atomic mass is 16.3. The summed E-state index contributed by atoms with van der Waals surface area (Å²) in [5.74, 6) is 1.61. The van der Waals surface area contributed by atoms with Crippen LogP contribution in [0, 0.1) is 6.92 Å². The molecule has 2 aliphatic rings. The average molecular weight is 517 g/mol. The molecule has 3 amide bonds. The van der Waals surface area contributed by atoms with Gasteiger partial charge in [-0.05, 0) is 49.6 Å². The minimum Gasteiger partial charge on any atom is -0.461 e. The molecule has 0 bridgehead atoms. The molecule has 13 heteroatoms. The van der Waals surface area contributed by atoms with Crippen molar-refractivity contribution in [1.82, 2.24) is 34.4 Å². The highest BCUT2D eigenvalue weighted by molar-refractivity contribution is 5.90. The van der Waals surface area contributed by atoms with Gasteiger partial charge in [0.15, 0.2) is 5.76 Å². The predicted octanol–water partition coefficient (Wildman–Crippen LogP) is 2.02. The van der Waals surface area contributed by atoms with E-state index in [1.165, 1.54) is 10.8 Å². The molecule has 0 radical (unpaired) electrons. The number of urea groups is 1. The third kappa shape index (κ3) is 4.46. The Morgan fingerprint density at radius 2 is 1.84 bits per heavy atom. The number of fused-ring (bicyclic) bond motifs is 1. The molecule has 38 heavy (non-hydrogen) atoms. The zero-order valence-corrected chi connectivity index (χ0v) is 20.9. The Bertz CT molecular complexity index is 1480. The van der Waals surface area contributed by atoms with Gasteiger partial charge in [-0.2, -0.15) is 19.5 Å². The standard InChI is InChI=1S/C25H28N10O3/c1-16-5-2-6-17(15-16)27-25(37)33-12-10-32(11-13-33)21(36)18-7-3-9-34(18)23-29-22(26)35-24(30-23)28-20(31-35)19-8-4-14-38-19/h2,4-6,8,14-15,18H,3,7,9-13H2,1H3,(H,27,37)(H2,26,28,29,30,31)/t18-/m0/s1. The number of nitrogens with two attached hydrogens (primary N) is 1. The van der Waals surface area contributed by atoms with Crippen molar-refractivity contribution in [2.45, 2.75) is 25.8 Å². The lowest BCUT2D eigenvalue weighted by Crippen LogP contribution is -2.55. The van der Waals surface area contributed by atoms with Gasteiger partial charge in [-0.3, -0.25) is 4.79 Å². The Kier molecular flexibility index (Phi) is 6.02. The van der Waals surface area contributed by atoms with E-state index in [1.54, 1.807) is 17.0 Å². The fraction of sp³-hybridized carbons (Fsp3) is 0.360. The lowest BCUT2D eigenvalue weighted by atomic mass is 10.1. The number of piperazine rings is 1. The van der Waals surface area contributed by atoms with Gasteiger partial charge >= 0.3 is 6.03 Å². The molecule has 0 unspecified atom stereocenters. The van der Waals surface area contributed by atoms with E-state index in [0.29, 0.717) is 56.7 Å². The van der Waals surface area contributed by atoms with E-state index < -0.39 is 6.04 Å². The summed E-state index contributed by atoms with van der Waals surface area (Å²) in [6, 6.07) is 10.6. The molecular weight excluding hydrogens is 488 g/mol. The molecule has 13 nitrogen and oxygen atoms in total. The summed E-state index contributed by atoms with van der Waals surface area (Å²) in [5, 5.41) is 7.27. The first-order valence-electron chi connectivity index (χ1n) is 12.6. The van der Waals surface area contributed by atoms with Crippen molar-refractivity contribution in [3.05, 3.63) is 48.2 Å². The van der Waals surface area contributed by atoms with Crippen LogP contribution < -0.4 is 16.0 Å². The number of nitrogen functional groups attached to an aromatic ring is 1. The van der Waals surface area contributed by atoms with E-state index in [4.69, 9.17) is 10.2 Å². The van der Waals surface area contributed by atoms with Gasteiger partial charge in [-0.25, -0.2) is 4.79 Å². The highest BCUT2D eigenvalue weighted by Crippen LogP contribution is 2.26. The van der Waals surface area contributed by atoms with E-state index in [1.807, 2.05) is 41.0 Å². The van der Waals surface area contributed by atoms with Crippen LogP contribution in [-0.2, 0) is 4.79 Å². The van der Waals surface area contributed by atoms with E-state index in [-0.39, 0.29) is 23.7 Å². The summed E-state index contributed by atoms with van der Waals surface area (Å²) < 4.78 is 6.73. The number of rotatable bonds is 4. The van der Waals surface area contributed by atoms with Crippen molar-refractivity contribution in [2.75, 3.05) is 48.7 Å². The number of anilines is 3. The van der Waals surface area contributed by atoms with Gasteiger partial charge < -0.3 is 30.2 Å². The number of amides is 3. The summed E-state index contributed by atoms with van der Waals surface area (Å²) in [7, 11) is 0. The lowest BCUT2D eigenvalue weighted by Gasteiger charge is -2.37. The van der Waals surface area contributed by atoms with Crippen LogP contribution in [0.1, 0.15) is 18.4 Å². The first-order chi connectivity index (χ1) is 18.5. The maximum atomic E-state index is 13.5. The smallest absolute Gasteiger partial charge is 0.321 e. The normalized spacial score (nSPS) is 17.8. The zero-order valence-electron chi connectivity index (χ0n) is 20.9. The molecule has 0 aliphatic carbocycles. The minimum absolute atomic E-state index is 0.000952. The van der Waals surface area contributed by atoms with Crippen LogP contribution in [0.25, 0.3) is 17.4 Å². The van der Waals surface area contributed by atoms with Gasteiger partial charge in [-0.1, -0.05) is 12.1 Å². The number of hydrogen-bond acceptors (Lipinski definition) is 9. The molecule has 0 saturated carbocycles. The highest BCUT2D eigenvalue weighted by Gasteiger charge is 2.37. The number of hydrogen-bond donors (Lipinski definition) is 2. The van der Waals surface area contributed by atoms with E-state index >= 15 is 0 Å². The third-order valence-electron chi connectivity index (χ3n) is 6.91. The van der Waals surface area contributed by atoms with Crippen LogP contribution in [0.15, 0.2) is 47.1 Å². The maximum absolute atomic E-state index is 13.5. The van der Waals surface area contributed by atoms with Gasteiger partial charge in [0.1, 0.15) is 6.04 Å². The van der Waals surface area contributed by atoms with Crippen molar-refractivity contribution in [2.24, 2.45) is 0 Å². The second-order valence-corrected chi connectivity index (χ2v) is 9.47. The summed E-state index contributed by atoms with van der Waals surface area (Å²) in [6.45, 7) is 4.45. The number of carbonyl (C=O) groups excluding carboxylic acids is 2. The summed E-state index contributed by atoms with van der Waals surface area (Å²) in [5.41, 5.74) is 8.01. The quantitative estimate of drug-likeness (QED) is 0.415. The summed E-state index contributed by atoms with van der Waals surface area (Å²) >= 11 is 0. The van der Waals surface area contributed by atoms with Gasteiger partial charge in [0, 0.05) is 38.4 Å². The number of aromatic nitrogens is 5. The fourth-order valence-electron chi connectivity index (χ4n) is 4.96. The molecule has 3 aromatic heterocycles. The maximum Gasteiger partial charge on any atom is 0.321 e.